The van der Waals surface area contributed by atoms with Gasteiger partial charge in [-0.3, -0.25) is 9.78 Å². The maximum atomic E-state index is 14.1. The van der Waals surface area contributed by atoms with E-state index >= 15 is 0 Å². The van der Waals surface area contributed by atoms with Crippen LogP contribution in [0.2, 0.25) is 0 Å². The molecule has 1 aliphatic carbocycles. The van der Waals surface area contributed by atoms with Gasteiger partial charge < -0.3 is 16.0 Å². The Morgan fingerprint density at radius 1 is 1.03 bits per heavy atom. The van der Waals surface area contributed by atoms with E-state index in [0.29, 0.717) is 41.6 Å². The lowest BCUT2D eigenvalue weighted by Gasteiger charge is -2.25. The fraction of sp³-hybridized carbons (Fsp3) is 0.269. The van der Waals surface area contributed by atoms with Crippen molar-refractivity contribution < 1.29 is 13.6 Å². The first-order valence-corrected chi connectivity index (χ1v) is 11.9. The Bertz CT molecular complexity index is 1450. The van der Waals surface area contributed by atoms with Crippen molar-refractivity contribution in [2.75, 3.05) is 17.2 Å². The van der Waals surface area contributed by atoms with Crippen molar-refractivity contribution >= 4 is 34.1 Å². The zero-order valence-electron chi connectivity index (χ0n) is 19.3. The van der Waals surface area contributed by atoms with E-state index in [-0.39, 0.29) is 23.5 Å². The average molecular weight is 488 g/mol. The molecule has 2 fully saturated rings. The fourth-order valence-electron chi connectivity index (χ4n) is 4.53. The van der Waals surface area contributed by atoms with Gasteiger partial charge >= 0.3 is 0 Å². The van der Waals surface area contributed by atoms with E-state index in [1.54, 1.807) is 18.3 Å². The molecule has 36 heavy (non-hydrogen) atoms. The summed E-state index contributed by atoms with van der Waals surface area (Å²) >= 11 is 0. The van der Waals surface area contributed by atoms with Crippen LogP contribution in [0.15, 0.2) is 48.9 Å². The number of benzene rings is 1. The minimum absolute atomic E-state index is 0.00615. The first-order valence-electron chi connectivity index (χ1n) is 11.9. The van der Waals surface area contributed by atoms with Gasteiger partial charge in [0.2, 0.25) is 5.91 Å². The molecule has 1 saturated carbocycles. The Labute approximate surface area is 205 Å². The third kappa shape index (κ3) is 4.41. The fourth-order valence-corrected chi connectivity index (χ4v) is 4.53. The van der Waals surface area contributed by atoms with Crippen LogP contribution in [-0.2, 0) is 4.79 Å². The van der Waals surface area contributed by atoms with Crippen LogP contribution < -0.4 is 16.0 Å². The number of halogens is 2. The Hall–Kier alpha value is -4.21. The van der Waals surface area contributed by atoms with Crippen molar-refractivity contribution in [2.45, 2.75) is 37.6 Å². The molecule has 4 heterocycles. The van der Waals surface area contributed by atoms with Gasteiger partial charge in [0.15, 0.2) is 5.82 Å². The number of piperidine rings is 1. The summed E-state index contributed by atoms with van der Waals surface area (Å²) in [5.41, 5.74) is 2.14. The van der Waals surface area contributed by atoms with Crippen molar-refractivity contribution in [2.24, 2.45) is 0 Å². The molecule has 2 aliphatic rings. The van der Waals surface area contributed by atoms with Gasteiger partial charge in [0.1, 0.15) is 29.0 Å². The number of nitrogens with one attached hydrogen (secondary N) is 3. The van der Waals surface area contributed by atoms with Crippen LogP contribution in [0.5, 0.6) is 0 Å². The number of fused-ring (bicyclic) bond motifs is 1. The van der Waals surface area contributed by atoms with E-state index in [1.807, 2.05) is 6.20 Å². The summed E-state index contributed by atoms with van der Waals surface area (Å²) < 4.78 is 28.3. The summed E-state index contributed by atoms with van der Waals surface area (Å²) in [5, 5.41) is 9.98. The summed E-state index contributed by atoms with van der Waals surface area (Å²) in [6.07, 6.45) is 8.45. The van der Waals surface area contributed by atoms with Gasteiger partial charge in [-0.15, -0.1) is 0 Å². The number of pyridine rings is 2. The minimum Gasteiger partial charge on any atom is -0.366 e. The smallest absolute Gasteiger partial charge is 0.222 e. The van der Waals surface area contributed by atoms with Crippen molar-refractivity contribution in [3.05, 3.63) is 66.1 Å². The maximum Gasteiger partial charge on any atom is 0.222 e. The Kier molecular flexibility index (Phi) is 5.63. The number of hydrogen-bond donors (Lipinski definition) is 3. The molecule has 3 aromatic heterocycles. The van der Waals surface area contributed by atoms with Gasteiger partial charge in [0.05, 0.1) is 11.7 Å². The molecule has 8 nitrogen and oxygen atoms in total. The molecule has 6 rings (SSSR count). The van der Waals surface area contributed by atoms with Gasteiger partial charge in [-0.25, -0.2) is 23.7 Å². The van der Waals surface area contributed by atoms with Crippen molar-refractivity contribution in [3.8, 4) is 11.4 Å². The van der Waals surface area contributed by atoms with Crippen LogP contribution in [0.4, 0.5) is 26.1 Å². The molecule has 4 aromatic rings. The maximum absolute atomic E-state index is 14.1. The Balaban J connectivity index is 1.41. The molecule has 0 spiro atoms. The van der Waals surface area contributed by atoms with Crippen molar-refractivity contribution in [1.82, 2.24) is 25.3 Å². The number of anilines is 3. The first kappa shape index (κ1) is 22.3. The van der Waals surface area contributed by atoms with Crippen LogP contribution in [0.25, 0.3) is 22.3 Å². The molecule has 1 saturated heterocycles. The number of hydrogen-bond acceptors (Lipinski definition) is 7. The zero-order chi connectivity index (χ0) is 24.6. The Morgan fingerprint density at radius 3 is 2.64 bits per heavy atom. The van der Waals surface area contributed by atoms with Crippen LogP contribution in [0.1, 0.15) is 37.2 Å². The number of carbonyl (C=O) groups excluding carboxylic acids is 1. The molecule has 1 aromatic carbocycles. The number of nitrogens with zero attached hydrogens (tertiary/aromatic N) is 4. The summed E-state index contributed by atoms with van der Waals surface area (Å²) in [5.74, 6) is 0.329. The van der Waals surface area contributed by atoms with Gasteiger partial charge in [-0.05, 0) is 55.0 Å². The minimum atomic E-state index is -0.717. The van der Waals surface area contributed by atoms with Crippen LogP contribution in [0.3, 0.4) is 0 Å². The number of para-hydroxylation sites is 1. The van der Waals surface area contributed by atoms with Gasteiger partial charge in [-0.1, -0.05) is 6.07 Å². The third-order valence-electron chi connectivity index (χ3n) is 6.47. The molecule has 1 atom stereocenters. The number of aromatic nitrogens is 4. The average Bonchev–Trinajstić information content (AvgIpc) is 3.72. The number of rotatable bonds is 6. The van der Waals surface area contributed by atoms with E-state index in [4.69, 9.17) is 9.97 Å². The summed E-state index contributed by atoms with van der Waals surface area (Å²) in [7, 11) is 0. The second-order valence-electron chi connectivity index (χ2n) is 9.13. The summed E-state index contributed by atoms with van der Waals surface area (Å²) in [4.78, 5) is 30.2. The molecule has 1 unspecified atom stereocenters. The van der Waals surface area contributed by atoms with Gasteiger partial charge in [-0.2, -0.15) is 0 Å². The highest BCUT2D eigenvalue weighted by molar-refractivity contribution is 5.94. The second-order valence-corrected chi connectivity index (χ2v) is 9.13. The molecule has 1 aliphatic heterocycles. The molecule has 1 amide bonds. The quantitative estimate of drug-likeness (QED) is 0.363. The van der Waals surface area contributed by atoms with E-state index in [0.717, 1.165) is 30.2 Å². The largest absolute Gasteiger partial charge is 0.366 e. The normalized spacial score (nSPS) is 17.6. The SMILES string of the molecule is O=C1CC(Nc2nc(-c3ccnc(Nc4c(F)cccc4F)c3)nc3cncc(C4CC4)c23)CCN1. The molecule has 0 radical (unpaired) electrons. The Morgan fingerprint density at radius 2 is 1.86 bits per heavy atom. The lowest BCUT2D eigenvalue weighted by molar-refractivity contribution is -0.122. The predicted molar refractivity (Wildman–Crippen MR) is 132 cm³/mol. The van der Waals surface area contributed by atoms with E-state index in [2.05, 4.69) is 25.9 Å². The topological polar surface area (TPSA) is 105 Å². The lowest BCUT2D eigenvalue weighted by atomic mass is 10.0. The van der Waals surface area contributed by atoms with Crippen molar-refractivity contribution in [1.29, 1.82) is 0 Å². The monoisotopic (exact) mass is 487 g/mol. The van der Waals surface area contributed by atoms with Crippen LogP contribution >= 0.6 is 0 Å². The highest BCUT2D eigenvalue weighted by Crippen LogP contribution is 2.44. The second kappa shape index (κ2) is 9.10. The predicted octanol–water partition coefficient (Wildman–Crippen LogP) is 4.68. The number of carbonyl (C=O) groups is 1. The van der Waals surface area contributed by atoms with Crippen LogP contribution in [0, 0.1) is 11.6 Å². The molecule has 10 heteroatoms. The highest BCUT2D eigenvalue weighted by atomic mass is 19.1. The zero-order valence-corrected chi connectivity index (χ0v) is 19.3. The highest BCUT2D eigenvalue weighted by Gasteiger charge is 2.29. The first-order chi connectivity index (χ1) is 17.5. The molecule has 3 N–H and O–H groups in total. The standard InChI is InChI=1S/C26H23F2N7O/c27-18-2-1-3-19(28)24(18)34-21-10-15(6-8-30-21)25-33-20-13-29-12-17(14-4-5-14)23(20)26(35-25)32-16-7-9-31-22(36)11-16/h1-3,6,8,10,12-14,16H,4-5,7,9,11H2,(H,30,34)(H,31,36)(H,32,33,35). The molecule has 182 valence electrons. The molecular weight excluding hydrogens is 464 g/mol. The van der Waals surface area contributed by atoms with Crippen LogP contribution in [-0.4, -0.2) is 38.4 Å². The van der Waals surface area contributed by atoms with Gasteiger partial charge in [0, 0.05) is 42.4 Å². The summed E-state index contributed by atoms with van der Waals surface area (Å²) in [6.45, 7) is 0.607. The van der Waals surface area contributed by atoms with E-state index in [9.17, 15) is 13.6 Å². The third-order valence-corrected chi connectivity index (χ3v) is 6.47. The molecular formula is C26H23F2N7O. The van der Waals surface area contributed by atoms with Gasteiger partial charge in [0.25, 0.3) is 0 Å². The lowest BCUT2D eigenvalue weighted by Crippen LogP contribution is -2.39. The summed E-state index contributed by atoms with van der Waals surface area (Å²) in [6, 6.07) is 6.98. The van der Waals surface area contributed by atoms with E-state index < -0.39 is 11.6 Å². The van der Waals surface area contributed by atoms with E-state index in [1.165, 1.54) is 24.4 Å². The van der Waals surface area contributed by atoms with Crippen molar-refractivity contribution in [3.63, 3.8) is 0 Å². The molecule has 0 bridgehead atoms. The number of amides is 1.